The molecule has 3 nitrogen and oxygen atoms in total. The van der Waals surface area contributed by atoms with Gasteiger partial charge in [0.2, 0.25) is 0 Å². The molecule has 3 aliphatic heterocycles. The minimum Gasteiger partial charge on any atom is -0.303 e. The van der Waals surface area contributed by atoms with E-state index >= 15 is 0 Å². The Morgan fingerprint density at radius 2 is 1.52 bits per heavy atom. The highest BCUT2D eigenvalue weighted by Gasteiger charge is 2.45. The van der Waals surface area contributed by atoms with Crippen molar-refractivity contribution in [2.75, 3.05) is 45.8 Å². The molecule has 3 aliphatic rings. The zero-order valence-electron chi connectivity index (χ0n) is 16.3. The molecule has 0 aromatic heterocycles. The Morgan fingerprint density at radius 3 is 2.00 bits per heavy atom. The summed E-state index contributed by atoms with van der Waals surface area (Å²) < 4.78 is 0. The fourth-order valence-corrected chi connectivity index (χ4v) is 4.86. The Bertz CT molecular complexity index is 374. The predicted molar refractivity (Wildman–Crippen MR) is 98.9 cm³/mol. The molecule has 0 N–H and O–H groups in total. The van der Waals surface area contributed by atoms with E-state index in [9.17, 15) is 0 Å². The van der Waals surface area contributed by atoms with E-state index < -0.39 is 0 Å². The van der Waals surface area contributed by atoms with Crippen molar-refractivity contribution in [1.29, 1.82) is 0 Å². The first-order valence-electron chi connectivity index (χ1n) is 9.99. The Kier molecular flexibility index (Phi) is 5.11. The number of rotatable bonds is 3. The fraction of sp³-hybridized carbons (Fsp3) is 1.00. The van der Waals surface area contributed by atoms with Crippen molar-refractivity contribution < 1.29 is 0 Å². The maximum absolute atomic E-state index is 2.78. The SMILES string of the molecule is CC(C)N1CC2(CCN(CC3CCN(C(C)(C)C)CC3)CC2)C1. The van der Waals surface area contributed by atoms with Gasteiger partial charge in [-0.25, -0.2) is 0 Å². The summed E-state index contributed by atoms with van der Waals surface area (Å²) in [7, 11) is 0. The maximum atomic E-state index is 2.78. The third kappa shape index (κ3) is 4.11. The normalized spacial score (nSPS) is 28.4. The summed E-state index contributed by atoms with van der Waals surface area (Å²) in [6.45, 7) is 21.1. The minimum absolute atomic E-state index is 0.356. The van der Waals surface area contributed by atoms with Crippen molar-refractivity contribution in [2.24, 2.45) is 11.3 Å². The van der Waals surface area contributed by atoms with E-state index in [2.05, 4.69) is 49.3 Å². The summed E-state index contributed by atoms with van der Waals surface area (Å²) >= 11 is 0. The molecule has 0 aromatic rings. The first kappa shape index (κ1) is 17.7. The minimum atomic E-state index is 0.356. The number of likely N-dealkylation sites (tertiary alicyclic amines) is 3. The van der Waals surface area contributed by atoms with E-state index in [-0.39, 0.29) is 0 Å². The van der Waals surface area contributed by atoms with Crippen LogP contribution in [0.5, 0.6) is 0 Å². The highest BCUT2D eigenvalue weighted by Crippen LogP contribution is 2.41. The second-order valence-corrected chi connectivity index (χ2v) is 9.90. The number of hydrogen-bond acceptors (Lipinski definition) is 3. The van der Waals surface area contributed by atoms with Crippen molar-refractivity contribution in [3.05, 3.63) is 0 Å². The molecule has 3 fully saturated rings. The standard InChI is InChI=1S/C20H39N3/c1-17(2)22-15-20(16-22)8-12-21(13-9-20)14-18-6-10-23(11-7-18)19(3,4)5/h17-18H,6-16H2,1-5H3. The Labute approximate surface area is 144 Å². The largest absolute Gasteiger partial charge is 0.303 e. The van der Waals surface area contributed by atoms with Crippen LogP contribution in [0.3, 0.4) is 0 Å². The molecule has 3 heteroatoms. The van der Waals surface area contributed by atoms with Crippen molar-refractivity contribution in [2.45, 2.75) is 71.9 Å². The summed E-state index contributed by atoms with van der Waals surface area (Å²) in [6, 6.07) is 0.742. The molecule has 3 saturated heterocycles. The molecular weight excluding hydrogens is 282 g/mol. The molecule has 0 aromatic carbocycles. The molecule has 0 bridgehead atoms. The van der Waals surface area contributed by atoms with Gasteiger partial charge in [-0.3, -0.25) is 9.80 Å². The Balaban J connectivity index is 1.37. The smallest absolute Gasteiger partial charge is 0.0125 e. The summed E-state index contributed by atoms with van der Waals surface area (Å²) in [5, 5.41) is 0. The quantitative estimate of drug-likeness (QED) is 0.790. The van der Waals surface area contributed by atoms with Crippen molar-refractivity contribution >= 4 is 0 Å². The molecule has 23 heavy (non-hydrogen) atoms. The lowest BCUT2D eigenvalue weighted by Crippen LogP contribution is -2.62. The zero-order valence-corrected chi connectivity index (χ0v) is 16.3. The Hall–Kier alpha value is -0.120. The molecule has 1 spiro atoms. The van der Waals surface area contributed by atoms with Crippen LogP contribution < -0.4 is 0 Å². The molecule has 0 atom stereocenters. The van der Waals surface area contributed by atoms with Gasteiger partial charge in [-0.1, -0.05) is 0 Å². The van der Waals surface area contributed by atoms with Gasteiger partial charge in [-0.2, -0.15) is 0 Å². The monoisotopic (exact) mass is 321 g/mol. The molecular formula is C20H39N3. The van der Waals surface area contributed by atoms with Gasteiger partial charge in [0.1, 0.15) is 0 Å². The molecule has 0 unspecified atom stereocenters. The molecule has 0 aliphatic carbocycles. The van der Waals surface area contributed by atoms with Gasteiger partial charge < -0.3 is 4.90 Å². The lowest BCUT2D eigenvalue weighted by Gasteiger charge is -2.56. The zero-order chi connectivity index (χ0) is 16.7. The van der Waals surface area contributed by atoms with Crippen molar-refractivity contribution in [3.8, 4) is 0 Å². The molecule has 3 heterocycles. The van der Waals surface area contributed by atoms with Crippen LogP contribution in [0.4, 0.5) is 0 Å². The van der Waals surface area contributed by atoms with E-state index in [1.165, 1.54) is 71.5 Å². The van der Waals surface area contributed by atoms with Crippen LogP contribution in [0.25, 0.3) is 0 Å². The van der Waals surface area contributed by atoms with E-state index in [0.717, 1.165) is 12.0 Å². The van der Waals surface area contributed by atoms with E-state index in [4.69, 9.17) is 0 Å². The lowest BCUT2D eigenvalue weighted by molar-refractivity contribution is -0.0651. The van der Waals surface area contributed by atoms with Crippen LogP contribution in [0.1, 0.15) is 60.3 Å². The van der Waals surface area contributed by atoms with Gasteiger partial charge >= 0.3 is 0 Å². The van der Waals surface area contributed by atoms with Crippen LogP contribution in [0, 0.1) is 11.3 Å². The number of nitrogens with zero attached hydrogens (tertiary/aromatic N) is 3. The average Bonchev–Trinajstić information content (AvgIpc) is 2.45. The number of hydrogen-bond donors (Lipinski definition) is 0. The molecule has 3 rings (SSSR count). The fourth-order valence-electron chi connectivity index (χ4n) is 4.86. The molecule has 0 radical (unpaired) electrons. The lowest BCUT2D eigenvalue weighted by atomic mass is 9.71. The van der Waals surface area contributed by atoms with E-state index in [1.54, 1.807) is 0 Å². The second-order valence-electron chi connectivity index (χ2n) is 9.90. The van der Waals surface area contributed by atoms with Crippen LogP contribution >= 0.6 is 0 Å². The topological polar surface area (TPSA) is 9.72 Å². The van der Waals surface area contributed by atoms with Gasteiger partial charge in [-0.05, 0) is 97.8 Å². The van der Waals surface area contributed by atoms with Gasteiger partial charge in [0.15, 0.2) is 0 Å². The molecule has 0 amide bonds. The highest BCUT2D eigenvalue weighted by molar-refractivity contribution is 4.99. The first-order chi connectivity index (χ1) is 10.8. The van der Waals surface area contributed by atoms with Gasteiger partial charge in [-0.15, -0.1) is 0 Å². The van der Waals surface area contributed by atoms with Crippen molar-refractivity contribution in [3.63, 3.8) is 0 Å². The van der Waals surface area contributed by atoms with Crippen molar-refractivity contribution in [1.82, 2.24) is 14.7 Å². The van der Waals surface area contributed by atoms with Crippen LogP contribution in [0.2, 0.25) is 0 Å². The Morgan fingerprint density at radius 1 is 0.957 bits per heavy atom. The van der Waals surface area contributed by atoms with Gasteiger partial charge in [0.25, 0.3) is 0 Å². The van der Waals surface area contributed by atoms with Crippen LogP contribution in [-0.4, -0.2) is 72.1 Å². The highest BCUT2D eigenvalue weighted by atomic mass is 15.2. The van der Waals surface area contributed by atoms with Crippen LogP contribution in [0.15, 0.2) is 0 Å². The first-order valence-corrected chi connectivity index (χ1v) is 9.99. The third-order valence-electron chi connectivity index (χ3n) is 6.80. The van der Waals surface area contributed by atoms with E-state index in [0.29, 0.717) is 11.0 Å². The summed E-state index contributed by atoms with van der Waals surface area (Å²) in [6.07, 6.45) is 5.69. The third-order valence-corrected chi connectivity index (χ3v) is 6.80. The summed E-state index contributed by atoms with van der Waals surface area (Å²) in [4.78, 5) is 8.10. The molecule has 0 saturated carbocycles. The predicted octanol–water partition coefficient (Wildman–Crippen LogP) is 3.30. The van der Waals surface area contributed by atoms with E-state index in [1.807, 2.05) is 0 Å². The number of piperidine rings is 2. The maximum Gasteiger partial charge on any atom is 0.0125 e. The molecule has 134 valence electrons. The van der Waals surface area contributed by atoms with Gasteiger partial charge in [0.05, 0.1) is 0 Å². The second kappa shape index (κ2) is 6.65. The summed E-state index contributed by atoms with van der Waals surface area (Å²) in [5.74, 6) is 0.941. The van der Waals surface area contributed by atoms with Crippen LogP contribution in [-0.2, 0) is 0 Å². The van der Waals surface area contributed by atoms with Gasteiger partial charge in [0, 0.05) is 31.2 Å². The summed E-state index contributed by atoms with van der Waals surface area (Å²) in [5.41, 5.74) is 1.05. The average molecular weight is 322 g/mol.